The van der Waals surface area contributed by atoms with Crippen molar-refractivity contribution in [2.45, 2.75) is 20.0 Å². The van der Waals surface area contributed by atoms with E-state index in [9.17, 15) is 18.0 Å². The van der Waals surface area contributed by atoms with Crippen LogP contribution in [0, 0.1) is 11.8 Å². The van der Waals surface area contributed by atoms with E-state index < -0.39 is 24.0 Å². The van der Waals surface area contributed by atoms with Gasteiger partial charge >= 0.3 is 12.1 Å². The summed E-state index contributed by atoms with van der Waals surface area (Å²) in [7, 11) is 1.07. The van der Waals surface area contributed by atoms with E-state index in [1.54, 1.807) is 0 Å². The number of hydrogen-bond acceptors (Lipinski definition) is 2. The molecule has 0 heterocycles. The van der Waals surface area contributed by atoms with E-state index >= 15 is 0 Å². The van der Waals surface area contributed by atoms with Crippen LogP contribution in [0.2, 0.25) is 0 Å². The van der Waals surface area contributed by atoms with Gasteiger partial charge in [0, 0.05) is 0 Å². The number of carbonyl (C=O) groups is 1. The quantitative estimate of drug-likeness (QED) is 0.613. The van der Waals surface area contributed by atoms with Crippen molar-refractivity contribution in [3.8, 4) is 0 Å². The summed E-state index contributed by atoms with van der Waals surface area (Å²) in [6, 6.07) is 0. The van der Waals surface area contributed by atoms with Gasteiger partial charge in [0.25, 0.3) is 0 Å². The van der Waals surface area contributed by atoms with Crippen molar-refractivity contribution in [3.05, 3.63) is 0 Å². The lowest BCUT2D eigenvalue weighted by atomic mass is 9.96. The average Bonchev–Trinajstić information content (AvgIpc) is 1.98. The van der Waals surface area contributed by atoms with E-state index in [0.29, 0.717) is 0 Å². The number of halogens is 3. The lowest BCUT2D eigenvalue weighted by Crippen LogP contribution is -2.31. The summed E-state index contributed by atoms with van der Waals surface area (Å²) in [4.78, 5) is 10.7. The van der Waals surface area contributed by atoms with Crippen molar-refractivity contribution < 1.29 is 22.7 Å². The molecule has 2 unspecified atom stereocenters. The minimum atomic E-state index is -4.34. The molecule has 0 aromatic carbocycles. The number of rotatable bonds is 2. The van der Waals surface area contributed by atoms with E-state index in [4.69, 9.17) is 0 Å². The standard InChI is InChI=1S/C7H11F3O2/c1-4(6(11)12-3)5(2)7(8,9)10/h4-5H,1-3H3. The van der Waals surface area contributed by atoms with Crippen LogP contribution in [0.4, 0.5) is 13.2 Å². The first-order chi connectivity index (χ1) is 5.30. The Kier molecular flexibility index (Phi) is 3.55. The molecule has 0 N–H and O–H groups in total. The summed E-state index contributed by atoms with van der Waals surface area (Å²) in [5.41, 5.74) is 0. The van der Waals surface area contributed by atoms with Gasteiger partial charge in [-0.05, 0) is 0 Å². The predicted octanol–water partition coefficient (Wildman–Crippen LogP) is 1.99. The molecule has 2 atom stereocenters. The Morgan fingerprint density at radius 1 is 1.33 bits per heavy atom. The topological polar surface area (TPSA) is 26.3 Å². The number of methoxy groups -OCH3 is 1. The van der Waals surface area contributed by atoms with Crippen LogP contribution < -0.4 is 0 Å². The first-order valence-electron chi connectivity index (χ1n) is 3.45. The number of ether oxygens (including phenoxy) is 1. The summed E-state index contributed by atoms with van der Waals surface area (Å²) in [6.07, 6.45) is -4.34. The summed E-state index contributed by atoms with van der Waals surface area (Å²) in [5.74, 6) is -3.64. The van der Waals surface area contributed by atoms with Crippen molar-refractivity contribution in [2.75, 3.05) is 7.11 Å². The first-order valence-corrected chi connectivity index (χ1v) is 3.45. The summed E-state index contributed by atoms with van der Waals surface area (Å²) in [5, 5.41) is 0. The van der Waals surface area contributed by atoms with Gasteiger partial charge in [-0.15, -0.1) is 0 Å². The zero-order valence-electron chi connectivity index (χ0n) is 7.11. The number of alkyl halides is 3. The summed E-state index contributed by atoms with van der Waals surface area (Å²) < 4.78 is 40.2. The maximum Gasteiger partial charge on any atom is 0.392 e. The number of hydrogen-bond donors (Lipinski definition) is 0. The van der Waals surface area contributed by atoms with E-state index in [1.807, 2.05) is 0 Å². The van der Waals surface area contributed by atoms with Gasteiger partial charge in [0.1, 0.15) is 0 Å². The third-order valence-corrected chi connectivity index (χ3v) is 1.84. The molecule has 0 radical (unpaired) electrons. The van der Waals surface area contributed by atoms with Gasteiger partial charge in [-0.2, -0.15) is 13.2 Å². The third kappa shape index (κ3) is 2.71. The molecule has 0 saturated heterocycles. The Labute approximate surface area is 68.7 Å². The minimum absolute atomic E-state index is 0.833. The van der Waals surface area contributed by atoms with Crippen molar-refractivity contribution in [1.82, 2.24) is 0 Å². The molecule has 0 aliphatic rings. The van der Waals surface area contributed by atoms with Crippen molar-refractivity contribution in [2.24, 2.45) is 11.8 Å². The highest BCUT2D eigenvalue weighted by molar-refractivity contribution is 5.72. The highest BCUT2D eigenvalue weighted by atomic mass is 19.4. The molecule has 72 valence electrons. The molecular formula is C7H11F3O2. The first kappa shape index (κ1) is 11.3. The second-order valence-corrected chi connectivity index (χ2v) is 2.64. The van der Waals surface area contributed by atoms with Crippen LogP contribution in [0.25, 0.3) is 0 Å². The second kappa shape index (κ2) is 3.78. The summed E-state index contributed by atoms with van der Waals surface area (Å²) in [6.45, 7) is 2.16. The van der Waals surface area contributed by atoms with Gasteiger partial charge in [-0.3, -0.25) is 4.79 Å². The fourth-order valence-electron chi connectivity index (χ4n) is 0.673. The molecule has 0 spiro atoms. The third-order valence-electron chi connectivity index (χ3n) is 1.84. The van der Waals surface area contributed by atoms with E-state index in [1.165, 1.54) is 6.92 Å². The smallest absolute Gasteiger partial charge is 0.392 e. The highest BCUT2D eigenvalue weighted by Gasteiger charge is 2.42. The van der Waals surface area contributed by atoms with Gasteiger partial charge < -0.3 is 4.74 Å². The van der Waals surface area contributed by atoms with Gasteiger partial charge in [0.2, 0.25) is 0 Å². The molecule has 0 aliphatic carbocycles. The van der Waals surface area contributed by atoms with Crippen LogP contribution in [0.5, 0.6) is 0 Å². The highest BCUT2D eigenvalue weighted by Crippen LogP contribution is 2.31. The van der Waals surface area contributed by atoms with Gasteiger partial charge in [0.15, 0.2) is 0 Å². The molecule has 0 amide bonds. The second-order valence-electron chi connectivity index (χ2n) is 2.64. The van der Waals surface area contributed by atoms with Crippen molar-refractivity contribution in [1.29, 1.82) is 0 Å². The maximum atomic E-state index is 12.0. The predicted molar refractivity (Wildman–Crippen MR) is 36.4 cm³/mol. The Hall–Kier alpha value is -0.740. The van der Waals surface area contributed by atoms with E-state index in [2.05, 4.69) is 4.74 Å². The van der Waals surface area contributed by atoms with Crippen molar-refractivity contribution in [3.63, 3.8) is 0 Å². The number of carbonyl (C=O) groups excluding carboxylic acids is 1. The largest absolute Gasteiger partial charge is 0.469 e. The maximum absolute atomic E-state index is 12.0. The fraction of sp³-hybridized carbons (Fsp3) is 0.857. The molecular weight excluding hydrogens is 173 g/mol. The molecule has 0 saturated carbocycles. The molecule has 0 bridgehead atoms. The lowest BCUT2D eigenvalue weighted by Gasteiger charge is -2.20. The molecule has 0 aromatic heterocycles. The zero-order chi connectivity index (χ0) is 9.94. The van der Waals surface area contributed by atoms with E-state index in [0.717, 1.165) is 14.0 Å². The monoisotopic (exact) mass is 184 g/mol. The van der Waals surface area contributed by atoms with Gasteiger partial charge in [0.05, 0.1) is 18.9 Å². The molecule has 0 fully saturated rings. The molecule has 12 heavy (non-hydrogen) atoms. The van der Waals surface area contributed by atoms with Crippen molar-refractivity contribution >= 4 is 5.97 Å². The normalized spacial score (nSPS) is 16.8. The van der Waals surface area contributed by atoms with Crippen LogP contribution in [-0.2, 0) is 9.53 Å². The molecule has 2 nitrogen and oxygen atoms in total. The Bertz CT molecular complexity index is 165. The lowest BCUT2D eigenvalue weighted by molar-refractivity contribution is -0.191. The fourth-order valence-corrected chi connectivity index (χ4v) is 0.673. The molecule has 5 heteroatoms. The van der Waals surface area contributed by atoms with Gasteiger partial charge in [-0.25, -0.2) is 0 Å². The summed E-state index contributed by atoms with van der Waals surface area (Å²) >= 11 is 0. The molecule has 0 aliphatic heterocycles. The van der Waals surface area contributed by atoms with Crippen LogP contribution in [0.15, 0.2) is 0 Å². The molecule has 0 rings (SSSR count). The Morgan fingerprint density at radius 2 is 1.75 bits per heavy atom. The zero-order valence-corrected chi connectivity index (χ0v) is 7.11. The van der Waals surface area contributed by atoms with Crippen LogP contribution in [0.3, 0.4) is 0 Å². The van der Waals surface area contributed by atoms with Gasteiger partial charge in [-0.1, -0.05) is 13.8 Å². The SMILES string of the molecule is COC(=O)C(C)C(C)C(F)(F)F. The van der Waals surface area contributed by atoms with E-state index in [-0.39, 0.29) is 0 Å². The van der Waals surface area contributed by atoms with Crippen LogP contribution in [-0.4, -0.2) is 19.3 Å². The minimum Gasteiger partial charge on any atom is -0.469 e. The Morgan fingerprint density at radius 3 is 2.00 bits per heavy atom. The average molecular weight is 184 g/mol. The molecule has 0 aromatic rings. The van der Waals surface area contributed by atoms with Crippen LogP contribution >= 0.6 is 0 Å². The number of esters is 1. The Balaban J connectivity index is 4.29. The van der Waals surface area contributed by atoms with Crippen LogP contribution in [0.1, 0.15) is 13.8 Å².